The molecule has 0 fully saturated rings. The van der Waals surface area contributed by atoms with Crippen molar-refractivity contribution in [1.82, 2.24) is 9.78 Å². The van der Waals surface area contributed by atoms with Crippen LogP contribution in [0.1, 0.15) is 34.1 Å². The van der Waals surface area contributed by atoms with Gasteiger partial charge in [-0.25, -0.2) is 0 Å². The molecular formula is C15H17ClN2O2. The van der Waals surface area contributed by atoms with Crippen LogP contribution >= 0.6 is 11.6 Å². The molecule has 0 atom stereocenters. The monoisotopic (exact) mass is 292 g/mol. The van der Waals surface area contributed by atoms with Gasteiger partial charge in [0.15, 0.2) is 5.78 Å². The van der Waals surface area contributed by atoms with E-state index in [0.717, 1.165) is 16.8 Å². The summed E-state index contributed by atoms with van der Waals surface area (Å²) in [5, 5.41) is 4.79. The minimum atomic E-state index is -0.0160. The Labute approximate surface area is 123 Å². The van der Waals surface area contributed by atoms with E-state index in [1.54, 1.807) is 11.7 Å². The quantitative estimate of drug-likeness (QED) is 0.811. The smallest absolute Gasteiger partial charge is 0.163 e. The van der Waals surface area contributed by atoms with E-state index in [1.165, 1.54) is 6.92 Å². The summed E-state index contributed by atoms with van der Waals surface area (Å²) in [5.41, 5.74) is 3.28. The fourth-order valence-corrected chi connectivity index (χ4v) is 2.26. The van der Waals surface area contributed by atoms with Crippen molar-refractivity contribution in [1.29, 1.82) is 0 Å². The summed E-state index contributed by atoms with van der Waals surface area (Å²) in [6.07, 6.45) is 0. The van der Waals surface area contributed by atoms with Crippen LogP contribution in [0.15, 0.2) is 18.2 Å². The maximum atomic E-state index is 11.6. The van der Waals surface area contributed by atoms with Gasteiger partial charge in [-0.15, -0.1) is 0 Å². The summed E-state index contributed by atoms with van der Waals surface area (Å²) >= 11 is 6.16. The molecule has 2 rings (SSSR count). The van der Waals surface area contributed by atoms with Crippen molar-refractivity contribution in [3.63, 3.8) is 0 Å². The number of Topliss-reactive ketones (excluding diaryl/α,β-unsaturated/α-hetero) is 1. The first kappa shape index (κ1) is 14.6. The summed E-state index contributed by atoms with van der Waals surface area (Å²) in [4.78, 5) is 11.6. The fraction of sp³-hybridized carbons (Fsp3) is 0.333. The van der Waals surface area contributed by atoms with E-state index in [9.17, 15) is 4.79 Å². The highest BCUT2D eigenvalue weighted by molar-refractivity contribution is 6.30. The maximum Gasteiger partial charge on any atom is 0.163 e. The first-order valence-corrected chi connectivity index (χ1v) is 6.70. The number of hydrogen-bond donors (Lipinski definition) is 0. The zero-order valence-corrected chi connectivity index (χ0v) is 12.8. The highest BCUT2D eigenvalue weighted by Gasteiger charge is 2.14. The third-order valence-corrected chi connectivity index (χ3v) is 3.63. The van der Waals surface area contributed by atoms with Crippen molar-refractivity contribution in [2.75, 3.05) is 0 Å². The first-order chi connectivity index (χ1) is 9.40. The molecule has 0 saturated carbocycles. The van der Waals surface area contributed by atoms with E-state index < -0.39 is 0 Å². The number of rotatable bonds is 4. The number of aromatic nitrogens is 2. The average Bonchev–Trinajstić information content (AvgIpc) is 2.62. The van der Waals surface area contributed by atoms with E-state index in [2.05, 4.69) is 5.10 Å². The molecule has 0 aliphatic rings. The average molecular weight is 293 g/mol. The van der Waals surface area contributed by atoms with Gasteiger partial charge in [0.1, 0.15) is 17.5 Å². The van der Waals surface area contributed by atoms with Gasteiger partial charge in [-0.05, 0) is 32.9 Å². The molecule has 0 aliphatic heterocycles. The molecule has 1 aromatic carbocycles. The summed E-state index contributed by atoms with van der Waals surface area (Å²) in [6, 6.07) is 5.56. The van der Waals surface area contributed by atoms with Gasteiger partial charge in [0.25, 0.3) is 0 Å². The molecule has 1 heterocycles. The minimum absolute atomic E-state index is 0.0160. The van der Waals surface area contributed by atoms with Crippen LogP contribution < -0.4 is 4.74 Å². The van der Waals surface area contributed by atoms with Gasteiger partial charge in [0.2, 0.25) is 0 Å². The summed E-state index contributed by atoms with van der Waals surface area (Å²) in [6.45, 7) is 5.65. The van der Waals surface area contributed by atoms with Gasteiger partial charge in [0.05, 0.1) is 11.3 Å². The van der Waals surface area contributed by atoms with Gasteiger partial charge in [-0.3, -0.25) is 9.48 Å². The molecule has 0 bridgehead atoms. The Kier molecular flexibility index (Phi) is 4.14. The summed E-state index contributed by atoms with van der Waals surface area (Å²) in [7, 11) is 1.78. The number of carbonyl (C=O) groups excluding carboxylic acids is 1. The Morgan fingerprint density at radius 2 is 2.10 bits per heavy atom. The standard InChI is InChI=1S/C15H17ClN2O2/c1-9-5-6-14(12(7-9)11(3)19)20-8-13-10(2)17-18(4)15(13)16/h5-7H,8H2,1-4H3. The third-order valence-electron chi connectivity index (χ3n) is 3.16. The van der Waals surface area contributed by atoms with Crippen molar-refractivity contribution >= 4 is 17.4 Å². The van der Waals surface area contributed by atoms with Crippen molar-refractivity contribution < 1.29 is 9.53 Å². The highest BCUT2D eigenvalue weighted by Crippen LogP contribution is 2.24. The Hall–Kier alpha value is -1.81. The number of halogens is 1. The van der Waals surface area contributed by atoms with Crippen molar-refractivity contribution in [3.05, 3.63) is 45.7 Å². The van der Waals surface area contributed by atoms with Crippen LogP contribution in [0, 0.1) is 13.8 Å². The molecule has 20 heavy (non-hydrogen) atoms. The number of benzene rings is 1. The number of carbonyl (C=O) groups is 1. The van der Waals surface area contributed by atoms with Gasteiger partial charge in [-0.1, -0.05) is 23.2 Å². The molecule has 1 aromatic heterocycles. The van der Waals surface area contributed by atoms with Crippen LogP contribution in [0.25, 0.3) is 0 Å². The second-order valence-corrected chi connectivity index (χ2v) is 5.18. The lowest BCUT2D eigenvalue weighted by atomic mass is 10.1. The van der Waals surface area contributed by atoms with E-state index in [4.69, 9.17) is 16.3 Å². The van der Waals surface area contributed by atoms with Crippen LogP contribution in [0.5, 0.6) is 5.75 Å². The lowest BCUT2D eigenvalue weighted by molar-refractivity contribution is 0.101. The Morgan fingerprint density at radius 3 is 2.65 bits per heavy atom. The third kappa shape index (κ3) is 2.85. The Balaban J connectivity index is 2.25. The molecule has 0 spiro atoms. The maximum absolute atomic E-state index is 11.6. The van der Waals surface area contributed by atoms with Crippen molar-refractivity contribution in [3.8, 4) is 5.75 Å². The van der Waals surface area contributed by atoms with Crippen molar-refractivity contribution in [2.45, 2.75) is 27.4 Å². The molecule has 0 saturated heterocycles. The van der Waals surface area contributed by atoms with Crippen LogP contribution in [-0.4, -0.2) is 15.6 Å². The number of ether oxygens (including phenoxy) is 1. The molecule has 0 N–H and O–H groups in total. The van der Waals surface area contributed by atoms with Gasteiger partial charge >= 0.3 is 0 Å². The Bertz CT molecular complexity index is 662. The topological polar surface area (TPSA) is 44.1 Å². The number of nitrogens with zero attached hydrogens (tertiary/aromatic N) is 2. The molecule has 2 aromatic rings. The zero-order valence-electron chi connectivity index (χ0n) is 12.0. The van der Waals surface area contributed by atoms with Crippen LogP contribution in [0.4, 0.5) is 0 Å². The largest absolute Gasteiger partial charge is 0.488 e. The summed E-state index contributed by atoms with van der Waals surface area (Å²) < 4.78 is 7.36. The number of hydrogen-bond acceptors (Lipinski definition) is 3. The number of ketones is 1. The van der Waals surface area contributed by atoms with Gasteiger partial charge < -0.3 is 4.74 Å². The molecule has 0 aliphatic carbocycles. The van der Waals surface area contributed by atoms with E-state index in [-0.39, 0.29) is 5.78 Å². The molecule has 4 nitrogen and oxygen atoms in total. The van der Waals surface area contributed by atoms with Gasteiger partial charge in [-0.2, -0.15) is 5.10 Å². The minimum Gasteiger partial charge on any atom is -0.488 e. The molecule has 5 heteroatoms. The molecular weight excluding hydrogens is 276 g/mol. The normalized spacial score (nSPS) is 10.7. The van der Waals surface area contributed by atoms with Crippen LogP contribution in [0.3, 0.4) is 0 Å². The first-order valence-electron chi connectivity index (χ1n) is 6.32. The zero-order chi connectivity index (χ0) is 14.9. The second kappa shape index (κ2) is 5.67. The predicted molar refractivity (Wildman–Crippen MR) is 78.5 cm³/mol. The molecule has 0 radical (unpaired) electrons. The Morgan fingerprint density at radius 1 is 1.40 bits per heavy atom. The lowest BCUT2D eigenvalue weighted by Gasteiger charge is -2.10. The van der Waals surface area contributed by atoms with Gasteiger partial charge in [0, 0.05) is 12.6 Å². The van der Waals surface area contributed by atoms with E-state index in [0.29, 0.717) is 23.1 Å². The molecule has 0 amide bonds. The second-order valence-electron chi connectivity index (χ2n) is 4.82. The number of aryl methyl sites for hydroxylation is 3. The highest BCUT2D eigenvalue weighted by atomic mass is 35.5. The van der Waals surface area contributed by atoms with E-state index in [1.807, 2.05) is 32.0 Å². The van der Waals surface area contributed by atoms with E-state index >= 15 is 0 Å². The van der Waals surface area contributed by atoms with Crippen molar-refractivity contribution in [2.24, 2.45) is 7.05 Å². The van der Waals surface area contributed by atoms with Crippen LogP contribution in [0.2, 0.25) is 5.15 Å². The van der Waals surface area contributed by atoms with Crippen LogP contribution in [-0.2, 0) is 13.7 Å². The lowest BCUT2D eigenvalue weighted by Crippen LogP contribution is -2.03. The summed E-state index contributed by atoms with van der Waals surface area (Å²) in [5.74, 6) is 0.556. The molecule has 106 valence electrons. The fourth-order valence-electron chi connectivity index (χ4n) is 2.03. The SMILES string of the molecule is CC(=O)c1cc(C)ccc1OCc1c(C)nn(C)c1Cl. The predicted octanol–water partition coefficient (Wildman–Crippen LogP) is 3.47. The molecule has 0 unspecified atom stereocenters.